The molecule has 0 amide bonds. The van der Waals surface area contributed by atoms with Gasteiger partial charge in [0.25, 0.3) is 0 Å². The van der Waals surface area contributed by atoms with Crippen LogP contribution in [0.1, 0.15) is 120 Å². The number of rotatable bonds is 7. The molecule has 0 bridgehead atoms. The average Bonchev–Trinajstić information content (AvgIpc) is 3.13. The van der Waals surface area contributed by atoms with Gasteiger partial charge in [0.2, 0.25) is 0 Å². The quantitative estimate of drug-likeness (QED) is 0.333. The second-order valence-corrected chi connectivity index (χ2v) is 14.4. The van der Waals surface area contributed by atoms with Gasteiger partial charge < -0.3 is 9.47 Å². The van der Waals surface area contributed by atoms with E-state index in [0.717, 1.165) is 55.3 Å². The third-order valence-corrected chi connectivity index (χ3v) is 12.1. The summed E-state index contributed by atoms with van der Waals surface area (Å²) >= 11 is 0. The lowest BCUT2D eigenvalue weighted by atomic mass is 9.43. The van der Waals surface area contributed by atoms with Gasteiger partial charge in [-0.2, -0.15) is 0 Å². The van der Waals surface area contributed by atoms with Gasteiger partial charge in [0, 0.05) is 19.8 Å². The number of fused-ring (bicyclic) bond motifs is 5. The van der Waals surface area contributed by atoms with E-state index in [-0.39, 0.29) is 35.0 Å². The lowest BCUT2D eigenvalue weighted by Gasteiger charge is -2.63. The highest BCUT2D eigenvalue weighted by Gasteiger charge is 2.64. The molecule has 4 aliphatic rings. The predicted molar refractivity (Wildman–Crippen MR) is 144 cm³/mol. The van der Waals surface area contributed by atoms with Gasteiger partial charge in [0.1, 0.15) is 12.2 Å². The molecule has 0 radical (unpaired) electrons. The molecule has 0 aromatic rings. The number of hydrogen-bond acceptors (Lipinski definition) is 4. The number of ether oxygens (including phenoxy) is 2. The smallest absolute Gasteiger partial charge is 0.302 e. The van der Waals surface area contributed by atoms with Crippen LogP contribution >= 0.6 is 0 Å². The van der Waals surface area contributed by atoms with E-state index in [0.29, 0.717) is 17.8 Å². The molecule has 4 saturated carbocycles. The molecule has 206 valence electrons. The zero-order valence-corrected chi connectivity index (χ0v) is 24.5. The van der Waals surface area contributed by atoms with E-state index in [9.17, 15) is 9.59 Å². The SMILES string of the molecule is CC(=O)O[C@@H]1CC[C@@]2(C)[C@@H](CC[C@@H]3[C@@H]2[C@H](OC(C)=O)C[C@]2(C)[C@@H]([C@H](C)CC[C@H](C)C(C)C)CC[C@@H]32)C1. The third-order valence-electron chi connectivity index (χ3n) is 12.1. The first-order valence-electron chi connectivity index (χ1n) is 15.2. The van der Waals surface area contributed by atoms with Crippen molar-refractivity contribution in [2.75, 3.05) is 0 Å². The van der Waals surface area contributed by atoms with Crippen LogP contribution in [0.4, 0.5) is 0 Å². The van der Waals surface area contributed by atoms with Gasteiger partial charge in [-0.1, -0.05) is 54.4 Å². The summed E-state index contributed by atoms with van der Waals surface area (Å²) in [5.41, 5.74) is 0.428. The van der Waals surface area contributed by atoms with Crippen LogP contribution in [-0.4, -0.2) is 24.1 Å². The molecule has 0 saturated heterocycles. The number of esters is 2. The first-order chi connectivity index (χ1) is 16.9. The summed E-state index contributed by atoms with van der Waals surface area (Å²) in [6, 6.07) is 0. The van der Waals surface area contributed by atoms with Crippen LogP contribution in [0.25, 0.3) is 0 Å². The molecule has 0 aliphatic heterocycles. The second kappa shape index (κ2) is 10.6. The average molecular weight is 503 g/mol. The minimum atomic E-state index is -0.155. The van der Waals surface area contributed by atoms with Gasteiger partial charge in [-0.05, 0) is 104 Å². The van der Waals surface area contributed by atoms with E-state index in [2.05, 4.69) is 41.5 Å². The maximum absolute atomic E-state index is 12.4. The van der Waals surface area contributed by atoms with Crippen molar-refractivity contribution in [2.45, 2.75) is 132 Å². The Labute approximate surface area is 221 Å². The zero-order chi connectivity index (χ0) is 26.4. The van der Waals surface area contributed by atoms with Crippen LogP contribution in [0.3, 0.4) is 0 Å². The van der Waals surface area contributed by atoms with E-state index in [4.69, 9.17) is 9.47 Å². The maximum atomic E-state index is 12.4. The summed E-state index contributed by atoms with van der Waals surface area (Å²) in [6.45, 7) is 17.8. The topological polar surface area (TPSA) is 52.6 Å². The lowest BCUT2D eigenvalue weighted by Crippen LogP contribution is -2.60. The molecular formula is C32H54O4. The standard InChI is InChI=1S/C32H54O4/c1-19(2)20(3)9-10-21(4)27-13-14-28-26-12-11-24-17-25(35-22(5)33)15-16-31(24,7)30(26)29(36-23(6)34)18-32(27,28)8/h19-21,24-30H,9-18H2,1-8H3/t20-,21+,24-,25+,26-,27+,28-,29+,30+,31-,32+/m0/s1. The summed E-state index contributed by atoms with van der Waals surface area (Å²) in [6.07, 6.45) is 11.9. The predicted octanol–water partition coefficient (Wildman–Crippen LogP) is 7.83. The van der Waals surface area contributed by atoms with Crippen molar-refractivity contribution in [3.63, 3.8) is 0 Å². The summed E-state index contributed by atoms with van der Waals surface area (Å²) in [7, 11) is 0. The molecule has 4 nitrogen and oxygen atoms in total. The fourth-order valence-corrected chi connectivity index (χ4v) is 10.0. The Balaban J connectivity index is 1.57. The number of carbonyl (C=O) groups excluding carboxylic acids is 2. The van der Waals surface area contributed by atoms with Gasteiger partial charge in [0.15, 0.2) is 0 Å². The van der Waals surface area contributed by atoms with E-state index >= 15 is 0 Å². The molecule has 0 N–H and O–H groups in total. The molecule has 11 atom stereocenters. The Hall–Kier alpha value is -1.06. The van der Waals surface area contributed by atoms with E-state index in [1.807, 2.05) is 0 Å². The van der Waals surface area contributed by atoms with Crippen molar-refractivity contribution >= 4 is 11.9 Å². The van der Waals surface area contributed by atoms with Crippen molar-refractivity contribution < 1.29 is 19.1 Å². The summed E-state index contributed by atoms with van der Waals surface area (Å²) in [5, 5.41) is 0. The third kappa shape index (κ3) is 5.13. The second-order valence-electron chi connectivity index (χ2n) is 14.4. The summed E-state index contributed by atoms with van der Waals surface area (Å²) in [5.74, 6) is 5.08. The highest BCUT2D eigenvalue weighted by atomic mass is 16.5. The van der Waals surface area contributed by atoms with Crippen LogP contribution in [-0.2, 0) is 19.1 Å². The van der Waals surface area contributed by atoms with Crippen molar-refractivity contribution in [3.05, 3.63) is 0 Å². The molecule has 4 heteroatoms. The van der Waals surface area contributed by atoms with Gasteiger partial charge in [-0.25, -0.2) is 0 Å². The largest absolute Gasteiger partial charge is 0.463 e. The summed E-state index contributed by atoms with van der Waals surface area (Å²) < 4.78 is 11.9. The molecule has 0 spiro atoms. The Morgan fingerprint density at radius 3 is 2.19 bits per heavy atom. The first-order valence-corrected chi connectivity index (χ1v) is 15.2. The van der Waals surface area contributed by atoms with Crippen molar-refractivity contribution in [3.8, 4) is 0 Å². The molecule has 4 fully saturated rings. The summed E-state index contributed by atoms with van der Waals surface area (Å²) in [4.78, 5) is 24.0. The molecule has 4 rings (SSSR count). The van der Waals surface area contributed by atoms with Crippen LogP contribution in [0, 0.1) is 58.2 Å². The van der Waals surface area contributed by atoms with Crippen LogP contribution < -0.4 is 0 Å². The van der Waals surface area contributed by atoms with Crippen LogP contribution in [0.5, 0.6) is 0 Å². The monoisotopic (exact) mass is 502 g/mol. The number of carbonyl (C=O) groups is 2. The van der Waals surface area contributed by atoms with Crippen molar-refractivity contribution in [1.82, 2.24) is 0 Å². The minimum absolute atomic E-state index is 0.0224. The van der Waals surface area contributed by atoms with Crippen molar-refractivity contribution in [2.24, 2.45) is 58.2 Å². The van der Waals surface area contributed by atoms with Crippen molar-refractivity contribution in [1.29, 1.82) is 0 Å². The number of hydrogen-bond donors (Lipinski definition) is 0. The van der Waals surface area contributed by atoms with Crippen LogP contribution in [0.15, 0.2) is 0 Å². The fraction of sp³-hybridized carbons (Fsp3) is 0.938. The Morgan fingerprint density at radius 1 is 0.861 bits per heavy atom. The molecule has 0 heterocycles. The van der Waals surface area contributed by atoms with E-state index in [1.165, 1.54) is 45.4 Å². The van der Waals surface area contributed by atoms with Gasteiger partial charge in [0.05, 0.1) is 0 Å². The fourth-order valence-electron chi connectivity index (χ4n) is 10.0. The van der Waals surface area contributed by atoms with Gasteiger partial charge >= 0.3 is 11.9 Å². The van der Waals surface area contributed by atoms with Gasteiger partial charge in [-0.3, -0.25) is 9.59 Å². The first kappa shape index (κ1) is 28.0. The normalized spacial score (nSPS) is 43.6. The highest BCUT2D eigenvalue weighted by Crippen LogP contribution is 2.69. The molecular weight excluding hydrogens is 448 g/mol. The van der Waals surface area contributed by atoms with E-state index < -0.39 is 0 Å². The van der Waals surface area contributed by atoms with Gasteiger partial charge in [-0.15, -0.1) is 0 Å². The molecule has 0 aromatic heterocycles. The Bertz CT molecular complexity index is 806. The van der Waals surface area contributed by atoms with E-state index in [1.54, 1.807) is 6.92 Å². The maximum Gasteiger partial charge on any atom is 0.302 e. The molecule has 36 heavy (non-hydrogen) atoms. The molecule has 0 unspecified atom stereocenters. The highest BCUT2D eigenvalue weighted by molar-refractivity contribution is 5.66. The lowest BCUT2D eigenvalue weighted by molar-refractivity contribution is -0.201. The van der Waals surface area contributed by atoms with Crippen LogP contribution in [0.2, 0.25) is 0 Å². The molecule has 0 aromatic carbocycles. The Kier molecular flexibility index (Phi) is 8.23. The zero-order valence-electron chi connectivity index (χ0n) is 24.5. The Morgan fingerprint density at radius 2 is 1.56 bits per heavy atom. The minimum Gasteiger partial charge on any atom is -0.463 e. The molecule has 4 aliphatic carbocycles.